The maximum absolute atomic E-state index is 12.2. The largest absolute Gasteiger partial charge is 0.293 e. The molecule has 1 aromatic heterocycles. The van der Waals surface area contributed by atoms with Crippen molar-refractivity contribution in [1.29, 1.82) is 0 Å². The van der Waals surface area contributed by atoms with Gasteiger partial charge in [-0.2, -0.15) is 0 Å². The molecule has 3 rings (SSSR count). The van der Waals surface area contributed by atoms with Crippen molar-refractivity contribution in [2.24, 2.45) is 17.8 Å². The van der Waals surface area contributed by atoms with Gasteiger partial charge in [-0.1, -0.05) is 0 Å². The van der Waals surface area contributed by atoms with Crippen molar-refractivity contribution >= 4 is 33.0 Å². The molecule has 0 amide bonds. The van der Waals surface area contributed by atoms with Gasteiger partial charge in [0.05, 0.1) is 4.88 Å². The van der Waals surface area contributed by atoms with Crippen LogP contribution in [0.1, 0.15) is 33.8 Å². The predicted octanol–water partition coefficient (Wildman–Crippen LogP) is 4.05. The molecular formula is C12H13BrOS. The summed E-state index contributed by atoms with van der Waals surface area (Å²) in [7, 11) is 0. The van der Waals surface area contributed by atoms with Crippen molar-refractivity contribution in [2.75, 3.05) is 0 Å². The highest BCUT2D eigenvalue weighted by Crippen LogP contribution is 2.55. The summed E-state index contributed by atoms with van der Waals surface area (Å²) < 4.78 is 1.08. The first kappa shape index (κ1) is 10.0. The van der Waals surface area contributed by atoms with E-state index in [1.165, 1.54) is 11.3 Å². The lowest BCUT2D eigenvalue weighted by Gasteiger charge is -2.07. The molecule has 1 nitrogen and oxygen atoms in total. The lowest BCUT2D eigenvalue weighted by molar-refractivity contribution is 0.0918. The Hall–Kier alpha value is -0.150. The van der Waals surface area contributed by atoms with E-state index in [0.29, 0.717) is 11.7 Å². The fourth-order valence-electron chi connectivity index (χ4n) is 2.71. The number of halogens is 1. The zero-order chi connectivity index (χ0) is 10.6. The molecule has 2 aliphatic carbocycles. The number of aryl methyl sites for hydroxylation is 1. The van der Waals surface area contributed by atoms with E-state index in [1.54, 1.807) is 11.3 Å². The highest BCUT2D eigenvalue weighted by Gasteiger charge is 2.48. The fraction of sp³-hybridized carbons (Fsp3) is 0.583. The van der Waals surface area contributed by atoms with Crippen molar-refractivity contribution in [2.45, 2.75) is 26.2 Å². The van der Waals surface area contributed by atoms with Crippen LogP contribution in [0, 0.1) is 24.7 Å². The number of hydrogen-bond donors (Lipinski definition) is 0. The minimum Gasteiger partial charge on any atom is -0.293 e. The van der Waals surface area contributed by atoms with Crippen molar-refractivity contribution in [3.8, 4) is 0 Å². The molecule has 2 fully saturated rings. The quantitative estimate of drug-likeness (QED) is 0.749. The van der Waals surface area contributed by atoms with Gasteiger partial charge < -0.3 is 0 Å². The summed E-state index contributed by atoms with van der Waals surface area (Å²) in [6, 6.07) is 1.99. The van der Waals surface area contributed by atoms with Crippen molar-refractivity contribution in [3.05, 3.63) is 20.3 Å². The summed E-state index contributed by atoms with van der Waals surface area (Å²) in [5, 5.41) is 0. The average molecular weight is 285 g/mol. The van der Waals surface area contributed by atoms with Crippen LogP contribution in [0.3, 0.4) is 0 Å². The Kier molecular flexibility index (Phi) is 2.29. The van der Waals surface area contributed by atoms with E-state index in [9.17, 15) is 4.79 Å². The number of fused-ring (bicyclic) bond motifs is 1. The number of carbonyl (C=O) groups is 1. The van der Waals surface area contributed by atoms with Crippen LogP contribution in [0.2, 0.25) is 0 Å². The van der Waals surface area contributed by atoms with E-state index < -0.39 is 0 Å². The predicted molar refractivity (Wildman–Crippen MR) is 65.4 cm³/mol. The lowest BCUT2D eigenvalue weighted by Crippen LogP contribution is -2.11. The molecule has 3 heteroatoms. The normalized spacial score (nSPS) is 32.8. The first-order valence-corrected chi connectivity index (χ1v) is 7.06. The first-order valence-electron chi connectivity index (χ1n) is 5.45. The lowest BCUT2D eigenvalue weighted by atomic mass is 9.97. The SMILES string of the molecule is Cc1sc(C(=O)C2CC3CC3C2)cc1Br. The number of ketones is 1. The second-order valence-electron chi connectivity index (χ2n) is 4.80. The zero-order valence-electron chi connectivity index (χ0n) is 8.63. The molecule has 2 unspecified atom stereocenters. The molecule has 1 heterocycles. The minimum atomic E-state index is 0.332. The standard InChI is InChI=1S/C12H13BrOS/c1-6-10(13)5-11(15-6)12(14)9-3-7-2-8(7)4-9/h5,7-9H,2-4H2,1H3. The van der Waals surface area contributed by atoms with Gasteiger partial charge in [-0.25, -0.2) is 0 Å². The molecule has 80 valence electrons. The number of thiophene rings is 1. The Morgan fingerprint density at radius 1 is 1.40 bits per heavy atom. The zero-order valence-corrected chi connectivity index (χ0v) is 11.0. The Morgan fingerprint density at radius 2 is 2.07 bits per heavy atom. The van der Waals surface area contributed by atoms with Gasteiger partial charge in [0.2, 0.25) is 0 Å². The smallest absolute Gasteiger partial charge is 0.175 e. The Morgan fingerprint density at radius 3 is 2.60 bits per heavy atom. The molecule has 0 N–H and O–H groups in total. The van der Waals surface area contributed by atoms with E-state index in [4.69, 9.17) is 0 Å². The van der Waals surface area contributed by atoms with Crippen molar-refractivity contribution < 1.29 is 4.79 Å². The maximum atomic E-state index is 12.2. The van der Waals surface area contributed by atoms with E-state index in [2.05, 4.69) is 22.9 Å². The van der Waals surface area contributed by atoms with Gasteiger partial charge in [-0.3, -0.25) is 4.79 Å². The third-order valence-corrected chi connectivity index (χ3v) is 5.87. The molecule has 0 bridgehead atoms. The second kappa shape index (κ2) is 3.42. The molecule has 0 aromatic carbocycles. The second-order valence-corrected chi connectivity index (χ2v) is 6.91. The topological polar surface area (TPSA) is 17.1 Å². The molecular weight excluding hydrogens is 272 g/mol. The highest BCUT2D eigenvalue weighted by atomic mass is 79.9. The van der Waals surface area contributed by atoms with Crippen molar-refractivity contribution in [1.82, 2.24) is 0 Å². The molecule has 0 radical (unpaired) electrons. The minimum absolute atomic E-state index is 0.332. The Bertz CT molecular complexity index is 394. The van der Waals surface area contributed by atoms with E-state index in [-0.39, 0.29) is 0 Å². The Balaban J connectivity index is 1.79. The van der Waals surface area contributed by atoms with Crippen LogP contribution in [-0.2, 0) is 0 Å². The molecule has 0 saturated heterocycles. The summed E-state index contributed by atoms with van der Waals surface area (Å²) in [5.41, 5.74) is 0. The average Bonchev–Trinajstić information content (AvgIpc) is 2.66. The number of hydrogen-bond acceptors (Lipinski definition) is 2. The summed E-state index contributed by atoms with van der Waals surface area (Å²) in [4.78, 5) is 14.3. The third-order valence-electron chi connectivity index (χ3n) is 3.71. The third kappa shape index (κ3) is 1.70. The number of rotatable bonds is 2. The molecule has 2 saturated carbocycles. The Labute approximate surface area is 102 Å². The van der Waals surface area contributed by atoms with Gasteiger partial charge in [0, 0.05) is 15.3 Å². The van der Waals surface area contributed by atoms with Gasteiger partial charge in [-0.05, 0) is 60.0 Å². The number of Topliss-reactive ketones (excluding diaryl/α,β-unsaturated/α-hetero) is 1. The van der Waals surface area contributed by atoms with Crippen LogP contribution in [0.15, 0.2) is 10.5 Å². The van der Waals surface area contributed by atoms with Gasteiger partial charge >= 0.3 is 0 Å². The van der Waals surface area contributed by atoms with Crippen LogP contribution in [0.5, 0.6) is 0 Å². The number of carbonyl (C=O) groups excluding carboxylic acids is 1. The van der Waals surface area contributed by atoms with Crippen LogP contribution in [-0.4, -0.2) is 5.78 Å². The highest BCUT2D eigenvalue weighted by molar-refractivity contribution is 9.10. The molecule has 2 atom stereocenters. The summed E-state index contributed by atoms with van der Waals surface area (Å²) >= 11 is 5.10. The van der Waals surface area contributed by atoms with Gasteiger partial charge in [0.1, 0.15) is 0 Å². The van der Waals surface area contributed by atoms with Gasteiger partial charge in [-0.15, -0.1) is 11.3 Å². The molecule has 0 spiro atoms. The molecule has 0 aliphatic heterocycles. The van der Waals surface area contributed by atoms with Crippen LogP contribution >= 0.6 is 27.3 Å². The summed E-state index contributed by atoms with van der Waals surface area (Å²) in [5.74, 6) is 2.51. The monoisotopic (exact) mass is 284 g/mol. The van der Waals surface area contributed by atoms with Crippen molar-refractivity contribution in [3.63, 3.8) is 0 Å². The van der Waals surface area contributed by atoms with E-state index in [0.717, 1.165) is 34.0 Å². The van der Waals surface area contributed by atoms with E-state index in [1.807, 2.05) is 6.07 Å². The van der Waals surface area contributed by atoms with Crippen LogP contribution in [0.25, 0.3) is 0 Å². The van der Waals surface area contributed by atoms with Crippen LogP contribution in [0.4, 0.5) is 0 Å². The molecule has 2 aliphatic rings. The molecule has 1 aromatic rings. The first-order chi connectivity index (χ1) is 7.15. The molecule has 15 heavy (non-hydrogen) atoms. The maximum Gasteiger partial charge on any atom is 0.175 e. The van der Waals surface area contributed by atoms with Gasteiger partial charge in [0.25, 0.3) is 0 Å². The van der Waals surface area contributed by atoms with Crippen LogP contribution < -0.4 is 0 Å². The summed E-state index contributed by atoms with van der Waals surface area (Å²) in [6.45, 7) is 2.05. The van der Waals surface area contributed by atoms with E-state index >= 15 is 0 Å². The fourth-order valence-corrected chi connectivity index (χ4v) is 4.26. The summed E-state index contributed by atoms with van der Waals surface area (Å²) in [6.07, 6.45) is 3.69. The van der Waals surface area contributed by atoms with Gasteiger partial charge in [0.15, 0.2) is 5.78 Å².